The molecule has 0 unspecified atom stereocenters. The molecule has 6 nitrogen and oxygen atoms in total. The van der Waals surface area contributed by atoms with Crippen LogP contribution in [0.5, 0.6) is 0 Å². The highest BCUT2D eigenvalue weighted by Gasteiger charge is 2.53. The van der Waals surface area contributed by atoms with E-state index in [1.807, 2.05) is 24.3 Å². The fourth-order valence-corrected chi connectivity index (χ4v) is 4.83. The van der Waals surface area contributed by atoms with Gasteiger partial charge >= 0.3 is 5.97 Å². The van der Waals surface area contributed by atoms with E-state index in [-0.39, 0.29) is 17.7 Å². The number of ether oxygens (including phenoxy) is 1. The van der Waals surface area contributed by atoms with E-state index in [2.05, 4.69) is 10.2 Å². The van der Waals surface area contributed by atoms with Gasteiger partial charge in [-0.2, -0.15) is 0 Å². The number of rotatable bonds is 4. The standard InChI is InChI=1S/C19H24N2O4/c22-18(16-12-1-2-13(11-12)17(16)19(23)24)20-14-3-5-15(6-4-14)21-7-9-25-10-8-21/h3-6,12-13,16-17H,1-2,7-11H2,(H,20,22)(H,23,24)/t12-,13-,16-,17+/m0/s1. The summed E-state index contributed by atoms with van der Waals surface area (Å²) in [5, 5.41) is 12.4. The number of nitrogens with zero attached hydrogens (tertiary/aromatic N) is 1. The molecule has 2 saturated carbocycles. The van der Waals surface area contributed by atoms with Gasteiger partial charge in [-0.25, -0.2) is 0 Å². The van der Waals surface area contributed by atoms with Crippen molar-refractivity contribution in [1.29, 1.82) is 0 Å². The van der Waals surface area contributed by atoms with Gasteiger partial charge in [0.1, 0.15) is 0 Å². The minimum absolute atomic E-state index is 0.140. The van der Waals surface area contributed by atoms with Gasteiger partial charge in [-0.05, 0) is 55.4 Å². The van der Waals surface area contributed by atoms with E-state index >= 15 is 0 Å². The highest BCUT2D eigenvalue weighted by atomic mass is 16.5. The molecule has 2 aliphatic carbocycles. The molecule has 2 N–H and O–H groups in total. The average molecular weight is 344 g/mol. The van der Waals surface area contributed by atoms with Gasteiger partial charge in [0.2, 0.25) is 5.91 Å². The molecule has 0 aromatic heterocycles. The molecule has 1 aromatic carbocycles. The van der Waals surface area contributed by atoms with Crippen molar-refractivity contribution in [3.05, 3.63) is 24.3 Å². The Morgan fingerprint density at radius 1 is 1.04 bits per heavy atom. The highest BCUT2D eigenvalue weighted by molar-refractivity contribution is 5.96. The van der Waals surface area contributed by atoms with Crippen LogP contribution in [0, 0.1) is 23.7 Å². The molecule has 3 fully saturated rings. The van der Waals surface area contributed by atoms with Crippen LogP contribution >= 0.6 is 0 Å². The smallest absolute Gasteiger partial charge is 0.307 e. The second-order valence-corrected chi connectivity index (χ2v) is 7.36. The highest BCUT2D eigenvalue weighted by Crippen LogP contribution is 2.52. The van der Waals surface area contributed by atoms with Gasteiger partial charge in [-0.1, -0.05) is 0 Å². The number of carboxylic acid groups (broad SMARTS) is 1. The number of benzene rings is 1. The summed E-state index contributed by atoms with van der Waals surface area (Å²) in [4.78, 5) is 26.5. The molecular weight excluding hydrogens is 320 g/mol. The number of aliphatic carboxylic acids is 1. The fourth-order valence-electron chi connectivity index (χ4n) is 4.83. The Morgan fingerprint density at radius 3 is 2.32 bits per heavy atom. The second kappa shape index (κ2) is 6.67. The third kappa shape index (κ3) is 3.11. The van der Waals surface area contributed by atoms with Crippen molar-refractivity contribution < 1.29 is 19.4 Å². The fraction of sp³-hybridized carbons (Fsp3) is 0.579. The zero-order valence-electron chi connectivity index (χ0n) is 14.2. The van der Waals surface area contributed by atoms with Gasteiger partial charge in [0, 0.05) is 24.5 Å². The first-order valence-electron chi connectivity index (χ1n) is 9.10. The van der Waals surface area contributed by atoms with Crippen LogP contribution in [0.25, 0.3) is 0 Å². The molecule has 1 aromatic rings. The number of hydrogen-bond donors (Lipinski definition) is 2. The van der Waals surface area contributed by atoms with E-state index in [1.165, 1.54) is 0 Å². The molecule has 134 valence electrons. The SMILES string of the molecule is O=C(O)[C@@H]1[C@H]2CC[C@@H](C2)[C@@H]1C(=O)Nc1ccc(N2CCOCC2)cc1. The summed E-state index contributed by atoms with van der Waals surface area (Å²) >= 11 is 0. The number of carbonyl (C=O) groups is 2. The first-order chi connectivity index (χ1) is 12.1. The summed E-state index contributed by atoms with van der Waals surface area (Å²) in [7, 11) is 0. The van der Waals surface area contributed by atoms with Crippen molar-refractivity contribution in [2.75, 3.05) is 36.5 Å². The van der Waals surface area contributed by atoms with Gasteiger partial charge < -0.3 is 20.1 Å². The lowest BCUT2D eigenvalue weighted by molar-refractivity contribution is -0.148. The first-order valence-corrected chi connectivity index (χ1v) is 9.10. The third-order valence-electron chi connectivity index (χ3n) is 6.02. The number of hydrogen-bond acceptors (Lipinski definition) is 4. The van der Waals surface area contributed by atoms with Crippen LogP contribution < -0.4 is 10.2 Å². The molecule has 4 atom stereocenters. The number of nitrogens with one attached hydrogen (secondary N) is 1. The Kier molecular flexibility index (Phi) is 4.37. The van der Waals surface area contributed by atoms with Crippen LogP contribution in [0.3, 0.4) is 0 Å². The maximum Gasteiger partial charge on any atom is 0.307 e. The minimum atomic E-state index is -0.824. The number of carbonyl (C=O) groups excluding carboxylic acids is 1. The van der Waals surface area contributed by atoms with Crippen LogP contribution in [0.15, 0.2) is 24.3 Å². The predicted molar refractivity (Wildman–Crippen MR) is 93.6 cm³/mol. The van der Waals surface area contributed by atoms with E-state index in [1.54, 1.807) is 0 Å². The summed E-state index contributed by atoms with van der Waals surface area (Å²) in [5.74, 6) is -1.49. The number of carboxylic acids is 1. The van der Waals surface area contributed by atoms with Crippen molar-refractivity contribution in [3.63, 3.8) is 0 Å². The number of anilines is 2. The van der Waals surface area contributed by atoms with Crippen molar-refractivity contribution >= 4 is 23.3 Å². The number of fused-ring (bicyclic) bond motifs is 2. The van der Waals surface area contributed by atoms with Crippen molar-refractivity contribution in [1.82, 2.24) is 0 Å². The molecule has 4 rings (SSSR count). The molecule has 2 bridgehead atoms. The van der Waals surface area contributed by atoms with E-state index in [0.717, 1.165) is 56.9 Å². The number of amides is 1. The second-order valence-electron chi connectivity index (χ2n) is 7.36. The summed E-state index contributed by atoms with van der Waals surface area (Å²) in [6.45, 7) is 3.22. The largest absolute Gasteiger partial charge is 0.481 e. The first kappa shape index (κ1) is 16.4. The lowest BCUT2D eigenvalue weighted by Crippen LogP contribution is -2.38. The van der Waals surface area contributed by atoms with Gasteiger partial charge in [-0.3, -0.25) is 9.59 Å². The Hall–Kier alpha value is -2.08. The Bertz CT molecular complexity index is 654. The normalized spacial score (nSPS) is 31.1. The quantitative estimate of drug-likeness (QED) is 0.875. The molecule has 3 aliphatic rings. The topological polar surface area (TPSA) is 78.9 Å². The van der Waals surface area contributed by atoms with Gasteiger partial charge in [0.15, 0.2) is 0 Å². The number of morpholine rings is 1. The summed E-state index contributed by atoms with van der Waals surface area (Å²) in [5.41, 5.74) is 1.85. The van der Waals surface area contributed by atoms with E-state index in [4.69, 9.17) is 4.74 Å². The molecule has 0 radical (unpaired) electrons. The zero-order valence-corrected chi connectivity index (χ0v) is 14.2. The van der Waals surface area contributed by atoms with E-state index in [9.17, 15) is 14.7 Å². The Labute approximate surface area is 147 Å². The van der Waals surface area contributed by atoms with Gasteiger partial charge in [-0.15, -0.1) is 0 Å². The van der Waals surface area contributed by atoms with Crippen LogP contribution in [0.1, 0.15) is 19.3 Å². The maximum absolute atomic E-state index is 12.7. The van der Waals surface area contributed by atoms with Crippen LogP contribution in [-0.2, 0) is 14.3 Å². The summed E-state index contributed by atoms with van der Waals surface area (Å²) in [6.07, 6.45) is 2.80. The van der Waals surface area contributed by atoms with Crippen molar-refractivity contribution in [2.24, 2.45) is 23.7 Å². The monoisotopic (exact) mass is 344 g/mol. The lowest BCUT2D eigenvalue weighted by atomic mass is 9.78. The Balaban J connectivity index is 1.43. The molecule has 1 saturated heterocycles. The predicted octanol–water partition coefficient (Wildman–Crippen LogP) is 2.21. The van der Waals surface area contributed by atoms with Crippen LogP contribution in [0.2, 0.25) is 0 Å². The molecule has 0 spiro atoms. The molecule has 1 heterocycles. The van der Waals surface area contributed by atoms with Gasteiger partial charge in [0.25, 0.3) is 0 Å². The lowest BCUT2D eigenvalue weighted by Gasteiger charge is -2.29. The zero-order chi connectivity index (χ0) is 17.4. The average Bonchev–Trinajstić information content (AvgIpc) is 3.24. The molecule has 25 heavy (non-hydrogen) atoms. The molecular formula is C19H24N2O4. The summed E-state index contributed by atoms with van der Waals surface area (Å²) < 4.78 is 5.36. The van der Waals surface area contributed by atoms with Crippen molar-refractivity contribution in [3.8, 4) is 0 Å². The molecule has 6 heteroatoms. The third-order valence-corrected chi connectivity index (χ3v) is 6.02. The van der Waals surface area contributed by atoms with Crippen LogP contribution in [0.4, 0.5) is 11.4 Å². The maximum atomic E-state index is 12.7. The summed E-state index contributed by atoms with van der Waals surface area (Å²) in [6, 6.07) is 7.78. The van der Waals surface area contributed by atoms with Crippen molar-refractivity contribution in [2.45, 2.75) is 19.3 Å². The van der Waals surface area contributed by atoms with Crippen LogP contribution in [-0.4, -0.2) is 43.3 Å². The Morgan fingerprint density at radius 2 is 1.68 bits per heavy atom. The van der Waals surface area contributed by atoms with E-state index < -0.39 is 17.8 Å². The minimum Gasteiger partial charge on any atom is -0.481 e. The molecule has 1 aliphatic heterocycles. The van der Waals surface area contributed by atoms with Gasteiger partial charge in [0.05, 0.1) is 25.0 Å². The molecule has 1 amide bonds. The van der Waals surface area contributed by atoms with E-state index in [0.29, 0.717) is 0 Å².